The van der Waals surface area contributed by atoms with Crippen molar-refractivity contribution in [1.29, 1.82) is 0 Å². The van der Waals surface area contributed by atoms with Gasteiger partial charge in [-0.15, -0.1) is 0 Å². The van der Waals surface area contributed by atoms with Gasteiger partial charge in [-0.05, 0) is 42.8 Å². The number of rotatable bonds is 3. The number of hydrogen-bond donors (Lipinski definition) is 0. The molecule has 2 aromatic heterocycles. The van der Waals surface area contributed by atoms with Crippen LogP contribution >= 0.6 is 15.9 Å². The molecule has 2 heterocycles. The Hall–Kier alpha value is -1.43. The van der Waals surface area contributed by atoms with Crippen LogP contribution in [0.3, 0.4) is 0 Å². The predicted molar refractivity (Wildman–Crippen MR) is 71.6 cm³/mol. The average Bonchev–Trinajstić information content (AvgIpc) is 2.71. The van der Waals surface area contributed by atoms with E-state index in [0.717, 1.165) is 0 Å². The van der Waals surface area contributed by atoms with E-state index in [1.807, 2.05) is 13.8 Å². The minimum absolute atomic E-state index is 0.180. The number of ether oxygens (including phenoxy) is 1. The lowest BCUT2D eigenvalue weighted by Crippen LogP contribution is -2.07. The van der Waals surface area contributed by atoms with Gasteiger partial charge in [0.2, 0.25) is 0 Å². The largest absolute Gasteiger partial charge is 0.462 e. The fourth-order valence-electron chi connectivity index (χ4n) is 1.74. The van der Waals surface area contributed by atoms with Crippen molar-refractivity contribution < 1.29 is 9.53 Å². The third-order valence-corrected chi connectivity index (χ3v) is 2.93. The molecule has 0 radical (unpaired) electrons. The number of nitrogens with zero attached hydrogens (tertiary/aromatic N) is 3. The maximum absolute atomic E-state index is 11.9. The van der Waals surface area contributed by atoms with Gasteiger partial charge < -0.3 is 4.74 Å². The van der Waals surface area contributed by atoms with Crippen LogP contribution in [0.1, 0.15) is 37.2 Å². The van der Waals surface area contributed by atoms with Gasteiger partial charge in [0.1, 0.15) is 4.60 Å². The summed E-state index contributed by atoms with van der Waals surface area (Å²) in [5.74, 6) is -0.353. The predicted octanol–water partition coefficient (Wildman–Crippen LogP) is 2.95. The Bertz CT molecular complexity index is 592. The van der Waals surface area contributed by atoms with Crippen LogP contribution in [-0.4, -0.2) is 27.3 Å². The second-order valence-electron chi connectivity index (χ2n) is 4.13. The Labute approximate surface area is 113 Å². The fraction of sp³-hybridized carbons (Fsp3) is 0.417. The van der Waals surface area contributed by atoms with Gasteiger partial charge in [-0.25, -0.2) is 14.5 Å². The summed E-state index contributed by atoms with van der Waals surface area (Å²) >= 11 is 3.31. The Morgan fingerprint density at radius 1 is 1.56 bits per heavy atom. The van der Waals surface area contributed by atoms with E-state index in [1.54, 1.807) is 23.9 Å². The van der Waals surface area contributed by atoms with E-state index >= 15 is 0 Å². The fourth-order valence-corrected chi connectivity index (χ4v) is 2.14. The van der Waals surface area contributed by atoms with E-state index in [0.29, 0.717) is 27.8 Å². The maximum Gasteiger partial charge on any atom is 0.339 e. The Balaban J connectivity index is 2.64. The molecule has 96 valence electrons. The summed E-state index contributed by atoms with van der Waals surface area (Å²) in [5, 5.41) is 4.98. The summed E-state index contributed by atoms with van der Waals surface area (Å²) in [5.41, 5.74) is 1.17. The first-order valence-corrected chi connectivity index (χ1v) is 6.54. The van der Waals surface area contributed by atoms with Gasteiger partial charge in [-0.1, -0.05) is 0 Å². The number of fused-ring (bicyclic) bond motifs is 1. The van der Waals surface area contributed by atoms with Gasteiger partial charge in [0.05, 0.1) is 23.8 Å². The number of hydrogen-bond acceptors (Lipinski definition) is 4. The number of pyridine rings is 1. The molecule has 0 bridgehead atoms. The molecular weight excluding hydrogens is 298 g/mol. The Morgan fingerprint density at radius 3 is 2.89 bits per heavy atom. The van der Waals surface area contributed by atoms with E-state index < -0.39 is 0 Å². The normalized spacial score (nSPS) is 11.2. The minimum Gasteiger partial charge on any atom is -0.462 e. The molecule has 2 aromatic rings. The highest BCUT2D eigenvalue weighted by Crippen LogP contribution is 2.23. The highest BCUT2D eigenvalue weighted by atomic mass is 79.9. The third kappa shape index (κ3) is 2.25. The summed E-state index contributed by atoms with van der Waals surface area (Å²) in [4.78, 5) is 16.3. The summed E-state index contributed by atoms with van der Waals surface area (Å²) < 4.78 is 7.41. The molecule has 0 N–H and O–H groups in total. The topological polar surface area (TPSA) is 57.0 Å². The van der Waals surface area contributed by atoms with Crippen molar-refractivity contribution in [3.8, 4) is 0 Å². The lowest BCUT2D eigenvalue weighted by atomic mass is 10.2. The van der Waals surface area contributed by atoms with Gasteiger partial charge in [0.25, 0.3) is 0 Å². The minimum atomic E-state index is -0.353. The highest BCUT2D eigenvalue weighted by Gasteiger charge is 2.17. The second kappa shape index (κ2) is 5.06. The summed E-state index contributed by atoms with van der Waals surface area (Å²) in [6.45, 7) is 6.15. The van der Waals surface area contributed by atoms with Crippen LogP contribution in [0.25, 0.3) is 11.0 Å². The standard InChI is InChI=1S/C12H14BrN3O2/c1-4-18-12(17)8-5-10(13)15-11-9(8)6-14-16(11)7(2)3/h5-7H,4H2,1-3H3. The molecule has 0 fully saturated rings. The number of halogens is 1. The van der Waals surface area contributed by atoms with Crippen molar-refractivity contribution in [1.82, 2.24) is 14.8 Å². The van der Waals surface area contributed by atoms with E-state index in [1.165, 1.54) is 0 Å². The molecule has 0 saturated carbocycles. The Morgan fingerprint density at radius 2 is 2.28 bits per heavy atom. The summed E-state index contributed by atoms with van der Waals surface area (Å²) in [6.07, 6.45) is 1.65. The van der Waals surface area contributed by atoms with Crippen LogP contribution in [0, 0.1) is 0 Å². The van der Waals surface area contributed by atoms with Gasteiger partial charge in [0, 0.05) is 6.04 Å². The molecule has 0 aliphatic heterocycles. The lowest BCUT2D eigenvalue weighted by molar-refractivity contribution is 0.0528. The van der Waals surface area contributed by atoms with Gasteiger partial charge in [-0.3, -0.25) is 0 Å². The smallest absolute Gasteiger partial charge is 0.339 e. The Kier molecular flexibility index (Phi) is 3.65. The van der Waals surface area contributed by atoms with Crippen LogP contribution in [-0.2, 0) is 4.74 Å². The van der Waals surface area contributed by atoms with E-state index in [-0.39, 0.29) is 12.0 Å². The number of esters is 1. The zero-order valence-corrected chi connectivity index (χ0v) is 12.1. The van der Waals surface area contributed by atoms with Crippen molar-refractivity contribution in [2.45, 2.75) is 26.8 Å². The monoisotopic (exact) mass is 311 g/mol. The molecule has 0 spiro atoms. The molecule has 0 unspecified atom stereocenters. The lowest BCUT2D eigenvalue weighted by Gasteiger charge is -2.08. The molecule has 18 heavy (non-hydrogen) atoms. The first-order valence-electron chi connectivity index (χ1n) is 5.75. The SMILES string of the molecule is CCOC(=O)c1cc(Br)nc2c1cnn2C(C)C. The van der Waals surface area contributed by atoms with Crippen molar-refractivity contribution in [3.05, 3.63) is 22.4 Å². The molecule has 0 aliphatic rings. The van der Waals surface area contributed by atoms with Crippen molar-refractivity contribution in [2.24, 2.45) is 0 Å². The zero-order chi connectivity index (χ0) is 13.3. The van der Waals surface area contributed by atoms with Crippen molar-refractivity contribution in [2.75, 3.05) is 6.61 Å². The molecule has 0 atom stereocenters. The average molecular weight is 312 g/mol. The number of carbonyl (C=O) groups excluding carboxylic acids is 1. The molecular formula is C12H14BrN3O2. The zero-order valence-electron chi connectivity index (χ0n) is 10.5. The van der Waals surface area contributed by atoms with Crippen LogP contribution in [0.4, 0.5) is 0 Å². The first-order chi connectivity index (χ1) is 8.54. The summed E-state index contributed by atoms with van der Waals surface area (Å²) in [6, 6.07) is 1.84. The van der Waals surface area contributed by atoms with Crippen LogP contribution in [0.2, 0.25) is 0 Å². The van der Waals surface area contributed by atoms with Gasteiger partial charge >= 0.3 is 5.97 Å². The molecule has 0 aliphatic carbocycles. The highest BCUT2D eigenvalue weighted by molar-refractivity contribution is 9.10. The van der Waals surface area contributed by atoms with E-state index in [4.69, 9.17) is 4.74 Å². The van der Waals surface area contributed by atoms with Gasteiger partial charge in [-0.2, -0.15) is 5.10 Å². The second-order valence-corrected chi connectivity index (χ2v) is 4.95. The van der Waals surface area contributed by atoms with Crippen molar-refractivity contribution >= 4 is 32.9 Å². The molecule has 0 saturated heterocycles. The molecule has 2 rings (SSSR count). The van der Waals surface area contributed by atoms with Crippen molar-refractivity contribution in [3.63, 3.8) is 0 Å². The third-order valence-electron chi connectivity index (χ3n) is 2.52. The number of carbonyl (C=O) groups is 1. The quantitative estimate of drug-likeness (QED) is 0.646. The first kappa shape index (κ1) is 13.0. The molecule has 0 amide bonds. The van der Waals surface area contributed by atoms with Crippen LogP contribution in [0.15, 0.2) is 16.9 Å². The summed E-state index contributed by atoms with van der Waals surface area (Å²) in [7, 11) is 0. The van der Waals surface area contributed by atoms with Crippen LogP contribution in [0.5, 0.6) is 0 Å². The molecule has 6 heteroatoms. The maximum atomic E-state index is 11.9. The number of aromatic nitrogens is 3. The van der Waals surface area contributed by atoms with E-state index in [2.05, 4.69) is 26.0 Å². The molecule has 0 aromatic carbocycles. The van der Waals surface area contributed by atoms with Crippen LogP contribution < -0.4 is 0 Å². The van der Waals surface area contributed by atoms with E-state index in [9.17, 15) is 4.79 Å². The van der Waals surface area contributed by atoms with Gasteiger partial charge in [0.15, 0.2) is 5.65 Å². The molecule has 5 nitrogen and oxygen atoms in total.